The number of rotatable bonds is 3. The number of aliphatic hydroxyl groups excluding tert-OH is 1. The van der Waals surface area contributed by atoms with Crippen molar-refractivity contribution >= 4 is 27.3 Å². The van der Waals surface area contributed by atoms with Crippen LogP contribution in [0.5, 0.6) is 0 Å². The highest BCUT2D eigenvalue weighted by atomic mass is 32.1. The van der Waals surface area contributed by atoms with E-state index in [0.717, 1.165) is 42.8 Å². The van der Waals surface area contributed by atoms with E-state index in [1.165, 1.54) is 10.1 Å². The molecule has 1 aromatic carbocycles. The van der Waals surface area contributed by atoms with Crippen molar-refractivity contribution in [2.45, 2.75) is 33.1 Å². The molecule has 0 bridgehead atoms. The molecule has 22 heavy (non-hydrogen) atoms. The summed E-state index contributed by atoms with van der Waals surface area (Å²) in [6, 6.07) is 8.20. The fourth-order valence-electron chi connectivity index (χ4n) is 3.33. The zero-order valence-electron chi connectivity index (χ0n) is 13.3. The van der Waals surface area contributed by atoms with Crippen LogP contribution in [0, 0.1) is 12.3 Å². The molecule has 1 amide bonds. The van der Waals surface area contributed by atoms with Gasteiger partial charge in [-0.2, -0.15) is 0 Å². The monoisotopic (exact) mass is 317 g/mol. The lowest BCUT2D eigenvalue weighted by molar-refractivity contribution is 0.0340. The summed E-state index contributed by atoms with van der Waals surface area (Å²) in [6.07, 6.45) is 2.78. The lowest BCUT2D eigenvalue weighted by Gasteiger charge is -2.40. The third kappa shape index (κ3) is 2.55. The molecule has 2 aromatic rings. The largest absolute Gasteiger partial charge is 0.396 e. The normalized spacial score (nSPS) is 17.9. The topological polar surface area (TPSA) is 40.5 Å². The Hall–Kier alpha value is -1.39. The molecule has 0 atom stereocenters. The smallest absolute Gasteiger partial charge is 0.264 e. The van der Waals surface area contributed by atoms with Crippen LogP contribution in [0.25, 0.3) is 10.1 Å². The number of amides is 1. The molecular formula is C18H23NO2S. The minimum atomic E-state index is 0.0198. The van der Waals surface area contributed by atoms with E-state index in [0.29, 0.717) is 0 Å². The Bertz CT molecular complexity index is 677. The molecule has 0 saturated carbocycles. The van der Waals surface area contributed by atoms with Crippen LogP contribution in [0.1, 0.15) is 41.4 Å². The van der Waals surface area contributed by atoms with Gasteiger partial charge in [0, 0.05) is 24.4 Å². The van der Waals surface area contributed by atoms with Crippen LogP contribution >= 0.6 is 11.3 Å². The van der Waals surface area contributed by atoms with Crippen LogP contribution in [0.4, 0.5) is 0 Å². The van der Waals surface area contributed by atoms with E-state index in [1.807, 2.05) is 24.0 Å². The minimum absolute atomic E-state index is 0.0198. The second-order valence-corrected chi connectivity index (χ2v) is 7.41. The molecule has 0 aliphatic carbocycles. The number of aryl methyl sites for hydroxylation is 1. The Balaban J connectivity index is 1.81. The Morgan fingerprint density at radius 3 is 2.59 bits per heavy atom. The average Bonchev–Trinajstić information content (AvgIpc) is 2.92. The lowest BCUT2D eigenvalue weighted by atomic mass is 9.77. The molecule has 1 N–H and O–H groups in total. The highest BCUT2D eigenvalue weighted by Crippen LogP contribution is 2.36. The molecule has 1 aromatic heterocycles. The first-order chi connectivity index (χ1) is 10.6. The molecule has 1 aliphatic heterocycles. The van der Waals surface area contributed by atoms with Gasteiger partial charge < -0.3 is 10.0 Å². The number of carbonyl (C=O) groups is 1. The van der Waals surface area contributed by atoms with Gasteiger partial charge in [-0.05, 0) is 48.6 Å². The van der Waals surface area contributed by atoms with E-state index >= 15 is 0 Å². The van der Waals surface area contributed by atoms with Gasteiger partial charge in [0.2, 0.25) is 0 Å². The summed E-state index contributed by atoms with van der Waals surface area (Å²) in [6.45, 7) is 5.90. The fourth-order valence-corrected chi connectivity index (χ4v) is 4.51. The number of thiophene rings is 1. The third-order valence-electron chi connectivity index (χ3n) is 5.23. The Kier molecular flexibility index (Phi) is 4.24. The second kappa shape index (κ2) is 6.01. The third-order valence-corrected chi connectivity index (χ3v) is 6.50. The maximum atomic E-state index is 12.9. The molecule has 0 unspecified atom stereocenters. The fraction of sp³-hybridized carbons (Fsp3) is 0.500. The molecule has 0 radical (unpaired) electrons. The summed E-state index contributed by atoms with van der Waals surface area (Å²) in [5.74, 6) is 0.154. The minimum Gasteiger partial charge on any atom is -0.396 e. The summed E-state index contributed by atoms with van der Waals surface area (Å²) in [7, 11) is 0. The predicted molar refractivity (Wildman–Crippen MR) is 91.5 cm³/mol. The predicted octanol–water partition coefficient (Wildman–Crippen LogP) is 3.83. The van der Waals surface area contributed by atoms with Crippen LogP contribution in [-0.2, 0) is 0 Å². The van der Waals surface area contributed by atoms with Crippen molar-refractivity contribution in [2.75, 3.05) is 19.7 Å². The van der Waals surface area contributed by atoms with Gasteiger partial charge in [0.05, 0.1) is 4.88 Å². The SMILES string of the molecule is CCC1(CO)CCN(C(=O)c2sc3ccccc3c2C)CC1. The molecule has 1 aliphatic rings. The average molecular weight is 317 g/mol. The summed E-state index contributed by atoms with van der Waals surface area (Å²) < 4.78 is 1.18. The van der Waals surface area contributed by atoms with Gasteiger partial charge in [0.25, 0.3) is 5.91 Å². The molecular weight excluding hydrogens is 294 g/mol. The first-order valence-corrected chi connectivity index (χ1v) is 8.80. The number of nitrogens with zero attached hydrogens (tertiary/aromatic N) is 1. The molecule has 3 rings (SSSR count). The molecule has 0 spiro atoms. The van der Waals surface area contributed by atoms with E-state index in [9.17, 15) is 9.90 Å². The summed E-state index contributed by atoms with van der Waals surface area (Å²) in [5.41, 5.74) is 1.12. The van der Waals surface area contributed by atoms with Crippen molar-refractivity contribution in [1.29, 1.82) is 0 Å². The number of hydrogen-bond acceptors (Lipinski definition) is 3. The molecule has 1 fully saturated rings. The van der Waals surface area contributed by atoms with E-state index < -0.39 is 0 Å². The zero-order chi connectivity index (χ0) is 15.7. The number of fused-ring (bicyclic) bond motifs is 1. The standard InChI is InChI=1S/C18H23NO2S/c1-3-18(12-20)8-10-19(11-9-18)17(21)16-13(2)14-6-4-5-7-15(14)22-16/h4-7,20H,3,8-12H2,1-2H3. The van der Waals surface area contributed by atoms with Crippen LogP contribution in [0.15, 0.2) is 24.3 Å². The number of aliphatic hydroxyl groups is 1. The Morgan fingerprint density at radius 2 is 2.00 bits per heavy atom. The lowest BCUT2D eigenvalue weighted by Crippen LogP contribution is -2.44. The van der Waals surface area contributed by atoms with Crippen LogP contribution in [-0.4, -0.2) is 35.6 Å². The van der Waals surface area contributed by atoms with Crippen molar-refractivity contribution in [3.63, 3.8) is 0 Å². The first-order valence-electron chi connectivity index (χ1n) is 7.98. The maximum absolute atomic E-state index is 12.9. The molecule has 3 nitrogen and oxygen atoms in total. The van der Waals surface area contributed by atoms with Crippen LogP contribution in [0.2, 0.25) is 0 Å². The van der Waals surface area contributed by atoms with Crippen molar-refractivity contribution in [1.82, 2.24) is 4.90 Å². The molecule has 4 heteroatoms. The summed E-state index contributed by atoms with van der Waals surface area (Å²) in [5, 5.41) is 10.8. The number of benzene rings is 1. The number of hydrogen-bond donors (Lipinski definition) is 1. The van der Waals surface area contributed by atoms with Crippen molar-refractivity contribution in [3.8, 4) is 0 Å². The number of carbonyl (C=O) groups excluding carboxylic acids is 1. The van der Waals surface area contributed by atoms with Gasteiger partial charge in [-0.25, -0.2) is 0 Å². The van der Waals surface area contributed by atoms with Gasteiger partial charge in [-0.15, -0.1) is 11.3 Å². The number of likely N-dealkylation sites (tertiary alicyclic amines) is 1. The summed E-state index contributed by atoms with van der Waals surface area (Å²) in [4.78, 5) is 15.7. The first kappa shape index (κ1) is 15.5. The van der Waals surface area contributed by atoms with E-state index in [-0.39, 0.29) is 17.9 Å². The van der Waals surface area contributed by atoms with Crippen molar-refractivity contribution in [3.05, 3.63) is 34.7 Å². The molecule has 1 saturated heterocycles. The van der Waals surface area contributed by atoms with Gasteiger partial charge in [0.15, 0.2) is 0 Å². The van der Waals surface area contributed by atoms with Crippen LogP contribution in [0.3, 0.4) is 0 Å². The Morgan fingerprint density at radius 1 is 1.32 bits per heavy atom. The van der Waals surface area contributed by atoms with Gasteiger partial charge >= 0.3 is 0 Å². The van der Waals surface area contributed by atoms with Gasteiger partial charge in [0.1, 0.15) is 0 Å². The zero-order valence-corrected chi connectivity index (χ0v) is 14.1. The van der Waals surface area contributed by atoms with E-state index in [2.05, 4.69) is 19.1 Å². The maximum Gasteiger partial charge on any atom is 0.264 e. The van der Waals surface area contributed by atoms with Gasteiger partial charge in [-0.3, -0.25) is 4.79 Å². The number of piperidine rings is 1. The van der Waals surface area contributed by atoms with Crippen molar-refractivity contribution < 1.29 is 9.90 Å². The second-order valence-electron chi connectivity index (χ2n) is 6.36. The Labute approximate surface area is 135 Å². The quantitative estimate of drug-likeness (QED) is 0.934. The van der Waals surface area contributed by atoms with Crippen molar-refractivity contribution in [2.24, 2.45) is 5.41 Å². The van der Waals surface area contributed by atoms with Gasteiger partial charge in [-0.1, -0.05) is 25.1 Å². The highest BCUT2D eigenvalue weighted by Gasteiger charge is 2.34. The summed E-state index contributed by atoms with van der Waals surface area (Å²) >= 11 is 1.60. The van der Waals surface area contributed by atoms with E-state index in [4.69, 9.17) is 0 Å². The van der Waals surface area contributed by atoms with Crippen LogP contribution < -0.4 is 0 Å². The molecule has 118 valence electrons. The molecule has 2 heterocycles. The highest BCUT2D eigenvalue weighted by molar-refractivity contribution is 7.21. The van der Waals surface area contributed by atoms with E-state index in [1.54, 1.807) is 11.3 Å².